The molecule has 0 saturated heterocycles. The Kier molecular flexibility index (Phi) is 3.94. The third-order valence-corrected chi connectivity index (χ3v) is 4.31. The first-order valence-electron chi connectivity index (χ1n) is 6.83. The van der Waals surface area contributed by atoms with Gasteiger partial charge >= 0.3 is 0 Å². The first-order chi connectivity index (χ1) is 10.1. The number of primary amides is 1. The topological polar surface area (TPSA) is 67.2 Å². The largest absolute Gasteiger partial charge is 0.366 e. The van der Waals surface area contributed by atoms with Crippen LogP contribution < -0.4 is 16.4 Å². The molecule has 1 amide bonds. The third-order valence-electron chi connectivity index (χ3n) is 3.65. The van der Waals surface area contributed by atoms with Gasteiger partial charge in [-0.3, -0.25) is 4.79 Å². The van der Waals surface area contributed by atoms with Crippen molar-refractivity contribution in [3.63, 3.8) is 0 Å². The number of hydrogen-bond donors (Lipinski definition) is 3. The molecule has 0 bridgehead atoms. The number of nitrogens with two attached hydrogens (primary N) is 1. The molecule has 2 aromatic rings. The van der Waals surface area contributed by atoms with Crippen molar-refractivity contribution in [3.05, 3.63) is 57.6 Å². The zero-order chi connectivity index (χ0) is 14.8. The van der Waals surface area contributed by atoms with Gasteiger partial charge in [0.1, 0.15) is 0 Å². The van der Waals surface area contributed by atoms with Crippen molar-refractivity contribution in [2.24, 2.45) is 5.73 Å². The first-order valence-corrected chi connectivity index (χ1v) is 7.62. The van der Waals surface area contributed by atoms with Crippen molar-refractivity contribution in [2.75, 3.05) is 11.9 Å². The van der Waals surface area contributed by atoms with Crippen LogP contribution in [0.2, 0.25) is 0 Å². The number of rotatable bonds is 3. The Morgan fingerprint density at radius 2 is 2.14 bits per heavy atom. The second kappa shape index (κ2) is 5.87. The van der Waals surface area contributed by atoms with E-state index in [-0.39, 0.29) is 0 Å². The summed E-state index contributed by atoms with van der Waals surface area (Å²) in [7, 11) is 0. The van der Waals surface area contributed by atoms with Gasteiger partial charge in [-0.15, -0.1) is 0 Å². The summed E-state index contributed by atoms with van der Waals surface area (Å²) in [6.07, 6.45) is 1.01. The maximum Gasteiger partial charge on any atom is 0.249 e. The van der Waals surface area contributed by atoms with Crippen molar-refractivity contribution in [2.45, 2.75) is 13.0 Å². The van der Waals surface area contributed by atoms with Gasteiger partial charge in [0.25, 0.3) is 0 Å². The molecule has 4 N–H and O–H groups in total. The fourth-order valence-electron chi connectivity index (χ4n) is 2.60. The predicted octanol–water partition coefficient (Wildman–Crippen LogP) is 2.94. The highest BCUT2D eigenvalue weighted by Crippen LogP contribution is 2.28. The first kappa shape index (κ1) is 14.1. The van der Waals surface area contributed by atoms with Crippen LogP contribution in [0.15, 0.2) is 40.9 Å². The van der Waals surface area contributed by atoms with E-state index >= 15 is 0 Å². The summed E-state index contributed by atoms with van der Waals surface area (Å²) in [5.41, 5.74) is 10.5. The van der Waals surface area contributed by atoms with E-state index in [1.165, 1.54) is 11.1 Å². The molecule has 1 aliphatic rings. The number of fused-ring (bicyclic) bond motifs is 1. The predicted molar refractivity (Wildman–Crippen MR) is 87.8 cm³/mol. The number of anilines is 2. The van der Waals surface area contributed by atoms with Crippen LogP contribution in [0.3, 0.4) is 0 Å². The average molecular weight is 346 g/mol. The Bertz CT molecular complexity index is 700. The number of halogens is 1. The van der Waals surface area contributed by atoms with Gasteiger partial charge in [-0.1, -0.05) is 12.1 Å². The summed E-state index contributed by atoms with van der Waals surface area (Å²) in [5, 5.41) is 6.80. The third kappa shape index (κ3) is 2.94. The molecule has 0 radical (unpaired) electrons. The van der Waals surface area contributed by atoms with Gasteiger partial charge in [0.05, 0.1) is 5.56 Å². The van der Waals surface area contributed by atoms with Crippen LogP contribution in [0.5, 0.6) is 0 Å². The zero-order valence-corrected chi connectivity index (χ0v) is 13.0. The lowest BCUT2D eigenvalue weighted by atomic mass is 9.99. The Morgan fingerprint density at radius 3 is 2.90 bits per heavy atom. The fraction of sp³-hybridized carbons (Fsp3) is 0.188. The maximum atomic E-state index is 11.2. The van der Waals surface area contributed by atoms with Crippen LogP contribution in [-0.2, 0) is 13.0 Å². The summed E-state index contributed by atoms with van der Waals surface area (Å²) in [4.78, 5) is 11.2. The Hall–Kier alpha value is -1.85. The Morgan fingerprint density at radius 1 is 1.29 bits per heavy atom. The van der Waals surface area contributed by atoms with Crippen LogP contribution >= 0.6 is 15.9 Å². The SMILES string of the molecule is NC(=O)c1ccc(Nc2cccc3c2CCNC3)cc1Br. The van der Waals surface area contributed by atoms with E-state index in [9.17, 15) is 4.79 Å². The van der Waals surface area contributed by atoms with Crippen molar-refractivity contribution in [1.29, 1.82) is 0 Å². The molecule has 0 saturated carbocycles. The molecular weight excluding hydrogens is 330 g/mol. The molecule has 0 unspecified atom stereocenters. The van der Waals surface area contributed by atoms with Gasteiger partial charge in [-0.2, -0.15) is 0 Å². The minimum atomic E-state index is -0.434. The number of nitrogens with one attached hydrogen (secondary N) is 2. The second-order valence-electron chi connectivity index (χ2n) is 5.05. The minimum Gasteiger partial charge on any atom is -0.366 e. The van der Waals surface area contributed by atoms with Crippen molar-refractivity contribution < 1.29 is 4.79 Å². The Labute approximate surface area is 131 Å². The molecule has 1 heterocycles. The van der Waals surface area contributed by atoms with E-state index in [0.29, 0.717) is 10.0 Å². The molecule has 0 fully saturated rings. The van der Waals surface area contributed by atoms with Crippen LogP contribution in [0, 0.1) is 0 Å². The molecule has 108 valence electrons. The van der Waals surface area contributed by atoms with Crippen molar-refractivity contribution in [1.82, 2.24) is 5.32 Å². The van der Waals surface area contributed by atoms with Gasteiger partial charge in [-0.05, 0) is 64.3 Å². The Balaban J connectivity index is 1.91. The number of carbonyl (C=O) groups is 1. The van der Waals surface area contributed by atoms with E-state index in [4.69, 9.17) is 5.73 Å². The van der Waals surface area contributed by atoms with Crippen molar-refractivity contribution in [3.8, 4) is 0 Å². The molecule has 0 aromatic heterocycles. The maximum absolute atomic E-state index is 11.2. The number of amides is 1. The quantitative estimate of drug-likeness (QED) is 0.801. The number of benzene rings is 2. The lowest BCUT2D eigenvalue weighted by Crippen LogP contribution is -2.24. The average Bonchev–Trinajstić information content (AvgIpc) is 2.47. The normalized spacial score (nSPS) is 13.6. The molecule has 5 heteroatoms. The minimum absolute atomic E-state index is 0.434. The highest BCUT2D eigenvalue weighted by molar-refractivity contribution is 9.10. The van der Waals surface area contributed by atoms with Crippen LogP contribution in [-0.4, -0.2) is 12.5 Å². The summed E-state index contributed by atoms with van der Waals surface area (Å²) in [5.74, 6) is -0.434. The number of carbonyl (C=O) groups excluding carboxylic acids is 1. The van der Waals surface area contributed by atoms with Crippen LogP contribution in [0.1, 0.15) is 21.5 Å². The molecule has 21 heavy (non-hydrogen) atoms. The molecule has 0 aliphatic carbocycles. The lowest BCUT2D eigenvalue weighted by molar-refractivity contribution is 0.0999. The standard InChI is InChI=1S/C16H16BrN3O/c17-14-8-11(4-5-13(14)16(18)21)20-15-3-1-2-10-9-19-7-6-12(10)15/h1-5,8,19-20H,6-7,9H2,(H2,18,21). The van der Waals surface area contributed by atoms with Gasteiger partial charge in [0.15, 0.2) is 0 Å². The molecule has 0 spiro atoms. The van der Waals surface area contributed by atoms with Crippen LogP contribution in [0.4, 0.5) is 11.4 Å². The second-order valence-corrected chi connectivity index (χ2v) is 5.91. The van der Waals surface area contributed by atoms with E-state index in [1.807, 2.05) is 12.1 Å². The molecule has 0 atom stereocenters. The fourth-order valence-corrected chi connectivity index (χ4v) is 3.17. The van der Waals surface area contributed by atoms with Gasteiger partial charge in [0.2, 0.25) is 5.91 Å². The van der Waals surface area contributed by atoms with Gasteiger partial charge in [-0.25, -0.2) is 0 Å². The van der Waals surface area contributed by atoms with Gasteiger partial charge < -0.3 is 16.4 Å². The monoisotopic (exact) mass is 345 g/mol. The number of hydrogen-bond acceptors (Lipinski definition) is 3. The summed E-state index contributed by atoms with van der Waals surface area (Å²) in [6.45, 7) is 1.91. The molecule has 4 nitrogen and oxygen atoms in total. The lowest BCUT2D eigenvalue weighted by Gasteiger charge is -2.21. The molecule has 1 aliphatic heterocycles. The van der Waals surface area contributed by atoms with E-state index in [1.54, 1.807) is 6.07 Å². The molecular formula is C16H16BrN3O. The van der Waals surface area contributed by atoms with Crippen LogP contribution in [0.25, 0.3) is 0 Å². The van der Waals surface area contributed by atoms with E-state index in [0.717, 1.165) is 30.9 Å². The zero-order valence-electron chi connectivity index (χ0n) is 11.4. The van der Waals surface area contributed by atoms with Gasteiger partial charge in [0, 0.05) is 22.4 Å². The summed E-state index contributed by atoms with van der Waals surface area (Å²) >= 11 is 3.39. The smallest absolute Gasteiger partial charge is 0.249 e. The molecule has 2 aromatic carbocycles. The summed E-state index contributed by atoms with van der Waals surface area (Å²) in [6, 6.07) is 11.8. The van der Waals surface area contributed by atoms with E-state index in [2.05, 4.69) is 44.8 Å². The highest BCUT2D eigenvalue weighted by atomic mass is 79.9. The van der Waals surface area contributed by atoms with Crippen molar-refractivity contribution >= 4 is 33.2 Å². The highest BCUT2D eigenvalue weighted by Gasteiger charge is 2.13. The van der Waals surface area contributed by atoms with E-state index < -0.39 is 5.91 Å². The molecule has 3 rings (SSSR count). The summed E-state index contributed by atoms with van der Waals surface area (Å²) < 4.78 is 0.700.